The standard InChI is InChI=1S/C25H26N4O6/c1-5-34-19-12-15(10-11-18(19)35-25(32)16-8-6-7-9-17(16)33-4)22(20-13(2)26-28-23(20)30)21-14(3)27-29-24(21)31/h6-12,22H,5H2,1-4H3,(H2,26,28,30)(H2,27,29,31). The molecule has 35 heavy (non-hydrogen) atoms. The van der Waals surface area contributed by atoms with Gasteiger partial charge in [-0.25, -0.2) is 4.79 Å². The summed E-state index contributed by atoms with van der Waals surface area (Å²) in [4.78, 5) is 38.2. The highest BCUT2D eigenvalue weighted by atomic mass is 16.6. The van der Waals surface area contributed by atoms with Crippen LogP contribution in [0.3, 0.4) is 0 Å². The Morgan fingerprint density at radius 1 is 0.857 bits per heavy atom. The molecule has 4 aromatic rings. The average molecular weight is 479 g/mol. The molecule has 2 heterocycles. The van der Waals surface area contributed by atoms with E-state index in [4.69, 9.17) is 14.2 Å². The molecule has 4 rings (SSSR count). The highest BCUT2D eigenvalue weighted by Gasteiger charge is 2.29. The molecule has 0 bridgehead atoms. The quantitative estimate of drug-likeness (QED) is 0.226. The molecule has 182 valence electrons. The molecule has 0 unspecified atom stereocenters. The van der Waals surface area contributed by atoms with Crippen LogP contribution in [0.5, 0.6) is 17.2 Å². The Morgan fingerprint density at radius 3 is 2.03 bits per heavy atom. The van der Waals surface area contributed by atoms with Crippen molar-refractivity contribution in [3.8, 4) is 17.2 Å². The number of aromatic amines is 4. The van der Waals surface area contributed by atoms with Crippen LogP contribution in [0, 0.1) is 13.8 Å². The summed E-state index contributed by atoms with van der Waals surface area (Å²) in [5.41, 5.74) is 2.22. The molecule has 2 aromatic carbocycles. The molecular formula is C25H26N4O6. The predicted octanol–water partition coefficient (Wildman–Crippen LogP) is 3.14. The third-order valence-corrected chi connectivity index (χ3v) is 5.73. The van der Waals surface area contributed by atoms with Gasteiger partial charge in [-0.15, -0.1) is 0 Å². The first kappa shape index (κ1) is 23.7. The van der Waals surface area contributed by atoms with E-state index in [1.54, 1.807) is 63.2 Å². The van der Waals surface area contributed by atoms with Crippen LogP contribution >= 0.6 is 0 Å². The summed E-state index contributed by atoms with van der Waals surface area (Å²) in [6.45, 7) is 5.62. The second kappa shape index (κ2) is 9.80. The number of benzene rings is 2. The number of aromatic nitrogens is 4. The molecule has 0 spiro atoms. The number of ether oxygens (including phenoxy) is 3. The van der Waals surface area contributed by atoms with E-state index in [1.165, 1.54) is 7.11 Å². The Bertz CT molecular complexity index is 1420. The minimum absolute atomic E-state index is 0.199. The van der Waals surface area contributed by atoms with Gasteiger partial charge in [-0.3, -0.25) is 19.8 Å². The second-order valence-corrected chi connectivity index (χ2v) is 7.90. The molecular weight excluding hydrogens is 452 g/mol. The number of hydrogen-bond donors (Lipinski definition) is 4. The predicted molar refractivity (Wildman–Crippen MR) is 129 cm³/mol. The van der Waals surface area contributed by atoms with Crippen molar-refractivity contribution in [1.29, 1.82) is 0 Å². The van der Waals surface area contributed by atoms with E-state index >= 15 is 0 Å². The largest absolute Gasteiger partial charge is 0.496 e. The maximum absolute atomic E-state index is 12.9. The number of H-pyrrole nitrogens is 4. The van der Waals surface area contributed by atoms with E-state index in [0.29, 0.717) is 46.2 Å². The third-order valence-electron chi connectivity index (χ3n) is 5.73. The van der Waals surface area contributed by atoms with Gasteiger partial charge in [0.15, 0.2) is 11.5 Å². The van der Waals surface area contributed by atoms with E-state index in [-0.39, 0.29) is 22.4 Å². The lowest BCUT2D eigenvalue weighted by molar-refractivity contribution is 0.0725. The van der Waals surface area contributed by atoms with E-state index < -0.39 is 11.9 Å². The first-order valence-corrected chi connectivity index (χ1v) is 11.0. The Morgan fingerprint density at radius 2 is 1.49 bits per heavy atom. The fourth-order valence-electron chi connectivity index (χ4n) is 4.11. The van der Waals surface area contributed by atoms with Gasteiger partial charge in [-0.2, -0.15) is 0 Å². The number of nitrogens with one attached hydrogen (secondary N) is 4. The Hall–Kier alpha value is -4.47. The van der Waals surface area contributed by atoms with Crippen LogP contribution in [0.2, 0.25) is 0 Å². The van der Waals surface area contributed by atoms with Crippen LogP contribution in [0.15, 0.2) is 52.1 Å². The third kappa shape index (κ3) is 4.50. The van der Waals surface area contributed by atoms with Gasteiger partial charge in [-0.05, 0) is 50.6 Å². The second-order valence-electron chi connectivity index (χ2n) is 7.90. The highest BCUT2D eigenvalue weighted by molar-refractivity contribution is 5.94. The van der Waals surface area contributed by atoms with Crippen molar-refractivity contribution in [2.75, 3.05) is 13.7 Å². The van der Waals surface area contributed by atoms with E-state index in [1.807, 2.05) is 0 Å². The van der Waals surface area contributed by atoms with E-state index in [9.17, 15) is 14.4 Å². The smallest absolute Gasteiger partial charge is 0.347 e. The highest BCUT2D eigenvalue weighted by Crippen LogP contribution is 2.37. The van der Waals surface area contributed by atoms with Gasteiger partial charge in [0, 0.05) is 17.3 Å². The van der Waals surface area contributed by atoms with Crippen molar-refractivity contribution in [2.24, 2.45) is 0 Å². The number of para-hydroxylation sites is 1. The van der Waals surface area contributed by atoms with Crippen molar-refractivity contribution in [3.05, 3.63) is 96.8 Å². The van der Waals surface area contributed by atoms with Gasteiger partial charge in [0.25, 0.3) is 11.1 Å². The van der Waals surface area contributed by atoms with Crippen LogP contribution in [-0.4, -0.2) is 40.1 Å². The van der Waals surface area contributed by atoms with Crippen LogP contribution in [0.4, 0.5) is 0 Å². The number of carbonyl (C=O) groups excluding carboxylic acids is 1. The normalized spacial score (nSPS) is 11.0. The summed E-state index contributed by atoms with van der Waals surface area (Å²) in [6, 6.07) is 11.7. The summed E-state index contributed by atoms with van der Waals surface area (Å²) in [6.07, 6.45) is 0. The first-order chi connectivity index (χ1) is 16.8. The fourth-order valence-corrected chi connectivity index (χ4v) is 4.11. The lowest BCUT2D eigenvalue weighted by atomic mass is 9.85. The number of aryl methyl sites for hydroxylation is 2. The van der Waals surface area contributed by atoms with E-state index in [0.717, 1.165) is 0 Å². The van der Waals surface area contributed by atoms with Gasteiger partial charge in [0.05, 0.1) is 24.8 Å². The molecule has 0 aliphatic carbocycles. The van der Waals surface area contributed by atoms with Crippen LogP contribution in [0.25, 0.3) is 0 Å². The molecule has 0 saturated heterocycles. The van der Waals surface area contributed by atoms with Gasteiger partial charge in [-0.1, -0.05) is 18.2 Å². The first-order valence-electron chi connectivity index (χ1n) is 11.0. The molecule has 0 aliphatic rings. The Balaban J connectivity index is 1.81. The van der Waals surface area contributed by atoms with Gasteiger partial charge >= 0.3 is 5.97 Å². The Kier molecular flexibility index (Phi) is 6.63. The molecule has 0 atom stereocenters. The topological polar surface area (TPSA) is 142 Å². The molecule has 4 N–H and O–H groups in total. The summed E-state index contributed by atoms with van der Waals surface area (Å²) < 4.78 is 16.7. The lowest BCUT2D eigenvalue weighted by Gasteiger charge is -2.19. The van der Waals surface area contributed by atoms with Crippen LogP contribution < -0.4 is 25.3 Å². The summed E-state index contributed by atoms with van der Waals surface area (Å²) in [5.74, 6) is -0.421. The molecule has 0 amide bonds. The van der Waals surface area contributed by atoms with Crippen molar-refractivity contribution >= 4 is 5.97 Å². The van der Waals surface area contributed by atoms with Gasteiger partial charge in [0.2, 0.25) is 0 Å². The molecule has 0 fully saturated rings. The number of carbonyl (C=O) groups is 1. The Labute approximate surface area is 200 Å². The summed E-state index contributed by atoms with van der Waals surface area (Å²) >= 11 is 0. The number of hydrogen-bond acceptors (Lipinski definition) is 6. The zero-order valence-electron chi connectivity index (χ0n) is 19.8. The van der Waals surface area contributed by atoms with E-state index in [2.05, 4.69) is 20.4 Å². The van der Waals surface area contributed by atoms with Gasteiger partial charge < -0.3 is 24.4 Å². The van der Waals surface area contributed by atoms with Gasteiger partial charge in [0.1, 0.15) is 11.3 Å². The molecule has 0 saturated carbocycles. The van der Waals surface area contributed by atoms with Crippen molar-refractivity contribution in [3.63, 3.8) is 0 Å². The zero-order chi connectivity index (χ0) is 25.1. The zero-order valence-corrected chi connectivity index (χ0v) is 19.8. The summed E-state index contributed by atoms with van der Waals surface area (Å²) in [5, 5.41) is 10.8. The van der Waals surface area contributed by atoms with Crippen molar-refractivity contribution in [2.45, 2.75) is 26.7 Å². The van der Waals surface area contributed by atoms with Crippen LogP contribution in [-0.2, 0) is 0 Å². The molecule has 2 aromatic heterocycles. The van der Waals surface area contributed by atoms with Crippen molar-refractivity contribution < 1.29 is 19.0 Å². The SMILES string of the molecule is CCOc1cc(C(c2c(C)[nH][nH]c2=O)c2c(C)[nH][nH]c2=O)ccc1OC(=O)c1ccccc1OC. The molecule has 10 heteroatoms. The number of methoxy groups -OCH3 is 1. The monoisotopic (exact) mass is 478 g/mol. The minimum atomic E-state index is -0.696. The fraction of sp³-hybridized carbons (Fsp3) is 0.240. The average Bonchev–Trinajstić information content (AvgIpc) is 3.36. The summed E-state index contributed by atoms with van der Waals surface area (Å²) in [7, 11) is 1.47. The van der Waals surface area contributed by atoms with Crippen molar-refractivity contribution in [1.82, 2.24) is 20.4 Å². The molecule has 10 nitrogen and oxygen atoms in total. The number of rotatable bonds is 8. The molecule has 0 radical (unpaired) electrons. The minimum Gasteiger partial charge on any atom is -0.496 e. The maximum atomic E-state index is 12.9. The lowest BCUT2D eigenvalue weighted by Crippen LogP contribution is -2.20. The number of esters is 1. The maximum Gasteiger partial charge on any atom is 0.347 e. The molecule has 0 aliphatic heterocycles. The van der Waals surface area contributed by atoms with Crippen LogP contribution in [0.1, 0.15) is 51.3 Å².